The molecule has 1 aromatic carbocycles. The van der Waals surface area contributed by atoms with Gasteiger partial charge >= 0.3 is 0 Å². The summed E-state index contributed by atoms with van der Waals surface area (Å²) in [5, 5.41) is 3.27. The molecule has 0 aromatic heterocycles. The van der Waals surface area contributed by atoms with Gasteiger partial charge < -0.3 is 14.8 Å². The summed E-state index contributed by atoms with van der Waals surface area (Å²) in [6, 6.07) is 6.58. The number of fused-ring (bicyclic) bond motifs is 1. The molecule has 1 heterocycles. The van der Waals surface area contributed by atoms with E-state index in [1.165, 1.54) is 11.1 Å². The summed E-state index contributed by atoms with van der Waals surface area (Å²) < 4.78 is 5.49. The molecule has 1 N–H and O–H groups in total. The molecule has 2 rings (SSSR count). The number of hydrogen-bond donors (Lipinski definition) is 1. The fourth-order valence-corrected chi connectivity index (χ4v) is 2.25. The summed E-state index contributed by atoms with van der Waals surface area (Å²) in [4.78, 5) is 11.0. The minimum absolute atomic E-state index is 0.245. The van der Waals surface area contributed by atoms with Crippen LogP contribution in [0.2, 0.25) is 0 Å². The first-order valence-corrected chi connectivity index (χ1v) is 6.13. The van der Waals surface area contributed by atoms with Gasteiger partial charge in [0.2, 0.25) is 0 Å². The smallest absolute Gasteiger partial charge is 0.129 e. The molecule has 0 saturated heterocycles. The maximum Gasteiger partial charge on any atom is 0.129 e. The fraction of sp³-hybridized carbons (Fsp3) is 0.500. The summed E-state index contributed by atoms with van der Waals surface area (Å²) in [5.74, 6) is 1.25. The number of hydrogen-bond acceptors (Lipinski definition) is 3. The Morgan fingerprint density at radius 1 is 1.53 bits per heavy atom. The first-order valence-electron chi connectivity index (χ1n) is 6.13. The average molecular weight is 233 g/mol. The standard InChI is InChI=1S/C14H19NO2/c1-10(16)3-5-13(15-2)11-4-6-14-12(9-11)7-8-17-14/h4,6,9,13,15H,3,5,7-8H2,1-2H3. The van der Waals surface area contributed by atoms with E-state index in [1.54, 1.807) is 6.92 Å². The molecule has 1 aliphatic rings. The van der Waals surface area contributed by atoms with Gasteiger partial charge in [0.05, 0.1) is 6.61 Å². The van der Waals surface area contributed by atoms with E-state index in [4.69, 9.17) is 4.74 Å². The number of ketones is 1. The molecule has 1 unspecified atom stereocenters. The Morgan fingerprint density at radius 2 is 2.35 bits per heavy atom. The number of rotatable bonds is 5. The lowest BCUT2D eigenvalue weighted by Gasteiger charge is -2.16. The van der Waals surface area contributed by atoms with E-state index in [2.05, 4.69) is 17.4 Å². The highest BCUT2D eigenvalue weighted by Gasteiger charge is 2.16. The molecule has 0 bridgehead atoms. The first kappa shape index (κ1) is 12.1. The van der Waals surface area contributed by atoms with Crippen molar-refractivity contribution in [1.82, 2.24) is 5.32 Å². The normalized spacial score (nSPS) is 15.2. The zero-order chi connectivity index (χ0) is 12.3. The number of Topliss-reactive ketones (excluding diaryl/α,β-unsaturated/α-hetero) is 1. The van der Waals surface area contributed by atoms with Crippen LogP contribution in [0.25, 0.3) is 0 Å². The highest BCUT2D eigenvalue weighted by atomic mass is 16.5. The van der Waals surface area contributed by atoms with Crippen molar-refractivity contribution in [3.8, 4) is 5.75 Å². The van der Waals surface area contributed by atoms with E-state index in [0.29, 0.717) is 6.42 Å². The Balaban J connectivity index is 2.11. The second-order valence-corrected chi connectivity index (χ2v) is 4.55. The first-order chi connectivity index (χ1) is 8.20. The molecule has 0 fully saturated rings. The molecule has 1 aromatic rings. The lowest BCUT2D eigenvalue weighted by Crippen LogP contribution is -2.17. The van der Waals surface area contributed by atoms with Crippen LogP contribution in [0.1, 0.15) is 36.9 Å². The Morgan fingerprint density at radius 3 is 3.06 bits per heavy atom. The van der Waals surface area contributed by atoms with Crippen LogP contribution in [0.4, 0.5) is 0 Å². The molecule has 17 heavy (non-hydrogen) atoms. The number of ether oxygens (including phenoxy) is 1. The van der Waals surface area contributed by atoms with Gasteiger partial charge in [0, 0.05) is 18.9 Å². The Labute approximate surface area is 102 Å². The lowest BCUT2D eigenvalue weighted by molar-refractivity contribution is -0.117. The largest absolute Gasteiger partial charge is 0.493 e. The predicted molar refractivity (Wildman–Crippen MR) is 67.4 cm³/mol. The van der Waals surface area contributed by atoms with E-state index >= 15 is 0 Å². The predicted octanol–water partition coefficient (Wildman–Crippen LogP) is 2.25. The molecule has 0 saturated carbocycles. The Bertz CT molecular complexity index is 415. The minimum atomic E-state index is 0.245. The van der Waals surface area contributed by atoms with Gasteiger partial charge in [0.1, 0.15) is 11.5 Å². The molecular weight excluding hydrogens is 214 g/mol. The van der Waals surface area contributed by atoms with Crippen molar-refractivity contribution < 1.29 is 9.53 Å². The van der Waals surface area contributed by atoms with E-state index in [9.17, 15) is 4.79 Å². The molecule has 0 spiro atoms. The van der Waals surface area contributed by atoms with E-state index in [-0.39, 0.29) is 11.8 Å². The van der Waals surface area contributed by atoms with Crippen LogP contribution >= 0.6 is 0 Å². The third-order valence-corrected chi connectivity index (χ3v) is 3.25. The van der Waals surface area contributed by atoms with Crippen molar-refractivity contribution in [2.24, 2.45) is 0 Å². The van der Waals surface area contributed by atoms with Gasteiger partial charge in [-0.2, -0.15) is 0 Å². The summed E-state index contributed by atoms with van der Waals surface area (Å²) in [5.41, 5.74) is 2.53. The molecule has 3 nitrogen and oxygen atoms in total. The van der Waals surface area contributed by atoms with Crippen LogP contribution in [0.3, 0.4) is 0 Å². The number of carbonyl (C=O) groups is 1. The maximum absolute atomic E-state index is 11.0. The molecule has 0 amide bonds. The molecule has 0 aliphatic carbocycles. The highest BCUT2D eigenvalue weighted by Crippen LogP contribution is 2.29. The van der Waals surface area contributed by atoms with Gasteiger partial charge in [-0.3, -0.25) is 0 Å². The van der Waals surface area contributed by atoms with Gasteiger partial charge in [-0.05, 0) is 37.6 Å². The summed E-state index contributed by atoms with van der Waals surface area (Å²) >= 11 is 0. The Hall–Kier alpha value is -1.35. The topological polar surface area (TPSA) is 38.3 Å². The van der Waals surface area contributed by atoms with Crippen molar-refractivity contribution in [2.75, 3.05) is 13.7 Å². The van der Waals surface area contributed by atoms with Gasteiger partial charge in [-0.25, -0.2) is 0 Å². The van der Waals surface area contributed by atoms with Crippen molar-refractivity contribution in [1.29, 1.82) is 0 Å². The highest BCUT2D eigenvalue weighted by molar-refractivity contribution is 5.75. The zero-order valence-electron chi connectivity index (χ0n) is 10.5. The molecular formula is C14H19NO2. The third-order valence-electron chi connectivity index (χ3n) is 3.25. The Kier molecular flexibility index (Phi) is 3.79. The SMILES string of the molecule is CNC(CCC(C)=O)c1ccc2c(c1)CCO2. The quantitative estimate of drug-likeness (QED) is 0.847. The van der Waals surface area contributed by atoms with Gasteiger partial charge in [-0.15, -0.1) is 0 Å². The second kappa shape index (κ2) is 5.32. The molecule has 92 valence electrons. The van der Waals surface area contributed by atoms with Crippen LogP contribution in [0.15, 0.2) is 18.2 Å². The van der Waals surface area contributed by atoms with E-state index < -0.39 is 0 Å². The van der Waals surface area contributed by atoms with Gasteiger partial charge in [0.25, 0.3) is 0 Å². The second-order valence-electron chi connectivity index (χ2n) is 4.55. The molecule has 1 aliphatic heterocycles. The number of carbonyl (C=O) groups excluding carboxylic acids is 1. The number of nitrogens with one attached hydrogen (secondary N) is 1. The van der Waals surface area contributed by atoms with Crippen molar-refractivity contribution in [3.63, 3.8) is 0 Å². The van der Waals surface area contributed by atoms with Crippen LogP contribution < -0.4 is 10.1 Å². The summed E-state index contributed by atoms with van der Waals surface area (Å²) in [7, 11) is 1.94. The minimum Gasteiger partial charge on any atom is -0.493 e. The summed E-state index contributed by atoms with van der Waals surface area (Å²) in [6.45, 7) is 2.43. The van der Waals surface area contributed by atoms with Gasteiger partial charge in [-0.1, -0.05) is 12.1 Å². The molecule has 3 heteroatoms. The molecule has 1 atom stereocenters. The summed E-state index contributed by atoms with van der Waals surface area (Å²) in [6.07, 6.45) is 2.47. The molecule has 0 radical (unpaired) electrons. The zero-order valence-corrected chi connectivity index (χ0v) is 10.5. The fourth-order valence-electron chi connectivity index (χ4n) is 2.25. The van der Waals surface area contributed by atoms with Crippen LogP contribution in [-0.4, -0.2) is 19.4 Å². The van der Waals surface area contributed by atoms with Gasteiger partial charge in [0.15, 0.2) is 0 Å². The van der Waals surface area contributed by atoms with E-state index in [0.717, 1.165) is 25.2 Å². The number of benzene rings is 1. The van der Waals surface area contributed by atoms with Crippen molar-refractivity contribution >= 4 is 5.78 Å². The van der Waals surface area contributed by atoms with E-state index in [1.807, 2.05) is 13.1 Å². The maximum atomic E-state index is 11.0. The van der Waals surface area contributed by atoms with Crippen LogP contribution in [0, 0.1) is 0 Å². The van der Waals surface area contributed by atoms with Crippen molar-refractivity contribution in [2.45, 2.75) is 32.2 Å². The third kappa shape index (κ3) is 2.86. The van der Waals surface area contributed by atoms with Crippen molar-refractivity contribution in [3.05, 3.63) is 29.3 Å². The monoisotopic (exact) mass is 233 g/mol. The van der Waals surface area contributed by atoms with Crippen LogP contribution in [-0.2, 0) is 11.2 Å². The van der Waals surface area contributed by atoms with Crippen LogP contribution in [0.5, 0.6) is 5.75 Å². The lowest BCUT2D eigenvalue weighted by atomic mass is 9.98. The average Bonchev–Trinajstić information content (AvgIpc) is 2.76.